The molecule has 0 radical (unpaired) electrons. The van der Waals surface area contributed by atoms with Gasteiger partial charge in [0.2, 0.25) is 16.1 Å². The van der Waals surface area contributed by atoms with E-state index in [0.717, 1.165) is 19.3 Å². The quantitative estimate of drug-likeness (QED) is 0.639. The molecule has 7 nitrogen and oxygen atoms in total. The van der Waals surface area contributed by atoms with Crippen LogP contribution in [0.1, 0.15) is 46.9 Å². The first-order valence-corrected chi connectivity index (χ1v) is 11.7. The first-order valence-electron chi connectivity index (χ1n) is 10.3. The molecular weight excluding hydrogens is 416 g/mol. The van der Waals surface area contributed by atoms with Gasteiger partial charge in [-0.1, -0.05) is 42.8 Å². The van der Waals surface area contributed by atoms with Crippen LogP contribution in [0, 0.1) is 6.92 Å². The fourth-order valence-corrected chi connectivity index (χ4v) is 5.32. The zero-order valence-corrected chi connectivity index (χ0v) is 18.9. The van der Waals surface area contributed by atoms with Gasteiger partial charge < -0.3 is 9.64 Å². The van der Waals surface area contributed by atoms with Crippen molar-refractivity contribution in [2.45, 2.75) is 37.2 Å². The highest BCUT2D eigenvalue weighted by Gasteiger charge is 2.30. The van der Waals surface area contributed by atoms with E-state index in [1.807, 2.05) is 0 Å². The molecule has 0 aliphatic carbocycles. The van der Waals surface area contributed by atoms with Crippen molar-refractivity contribution < 1.29 is 22.7 Å². The summed E-state index contributed by atoms with van der Waals surface area (Å²) in [4.78, 5) is 27.0. The van der Waals surface area contributed by atoms with E-state index in [2.05, 4.69) is 0 Å². The Hall–Kier alpha value is -2.71. The molecule has 31 heavy (non-hydrogen) atoms. The van der Waals surface area contributed by atoms with Crippen LogP contribution in [-0.2, 0) is 19.6 Å². The molecule has 0 spiro atoms. The molecule has 0 N–H and O–H groups in total. The van der Waals surface area contributed by atoms with Crippen molar-refractivity contribution in [1.82, 2.24) is 9.21 Å². The number of esters is 1. The second kappa shape index (κ2) is 9.62. The van der Waals surface area contributed by atoms with Crippen molar-refractivity contribution in [2.24, 2.45) is 0 Å². The normalized spacial score (nSPS) is 15.8. The van der Waals surface area contributed by atoms with Crippen LogP contribution in [0.2, 0.25) is 0 Å². The molecular formula is C23H28N2O5S. The number of carbonyl (C=O) groups is 2. The molecule has 1 aliphatic rings. The Kier molecular flexibility index (Phi) is 7.12. The van der Waals surface area contributed by atoms with Crippen LogP contribution >= 0.6 is 0 Å². The molecule has 0 bridgehead atoms. The smallest absolute Gasteiger partial charge is 0.339 e. The minimum atomic E-state index is -3.71. The van der Waals surface area contributed by atoms with Gasteiger partial charge in [-0.05, 0) is 37.5 Å². The van der Waals surface area contributed by atoms with Crippen LogP contribution in [0.5, 0.6) is 0 Å². The van der Waals surface area contributed by atoms with Crippen LogP contribution in [0.3, 0.4) is 0 Å². The van der Waals surface area contributed by atoms with Gasteiger partial charge in [0.05, 0.1) is 10.5 Å². The van der Waals surface area contributed by atoms with Gasteiger partial charge in [0, 0.05) is 32.7 Å². The molecule has 1 saturated heterocycles. The molecule has 2 aromatic carbocycles. The number of ether oxygens (including phenoxy) is 1. The Balaban J connectivity index is 1.91. The zero-order valence-electron chi connectivity index (χ0n) is 18.1. The van der Waals surface area contributed by atoms with E-state index in [1.54, 1.807) is 57.4 Å². The van der Waals surface area contributed by atoms with Crippen LogP contribution in [0.4, 0.5) is 0 Å². The van der Waals surface area contributed by atoms with Gasteiger partial charge in [0.15, 0.2) is 0 Å². The maximum Gasteiger partial charge on any atom is 0.339 e. The van der Waals surface area contributed by atoms with Gasteiger partial charge in [-0.3, -0.25) is 4.79 Å². The van der Waals surface area contributed by atoms with Gasteiger partial charge in [-0.25, -0.2) is 13.2 Å². The summed E-state index contributed by atoms with van der Waals surface area (Å²) in [6.07, 6.45) is 1.54. The van der Waals surface area contributed by atoms with Crippen LogP contribution < -0.4 is 0 Å². The molecule has 8 heteroatoms. The first kappa shape index (κ1) is 23.0. The number of hydrogen-bond acceptors (Lipinski definition) is 5. The summed E-state index contributed by atoms with van der Waals surface area (Å²) < 4.78 is 33.3. The number of carbonyl (C=O) groups excluding carboxylic acids is 2. The molecule has 1 atom stereocenters. The standard InChI is InChI=1S/C23H28N2O5S/c1-17-12-13-19(16-20(17)31(28,29)25-14-8-5-9-15-25)23(27)30-21(22(26)24(2)3)18-10-6-4-7-11-18/h4,6-7,10-13,16,21H,5,8-9,14-15H2,1-3H3. The Morgan fingerprint density at radius 2 is 1.65 bits per heavy atom. The van der Waals surface area contributed by atoms with Crippen molar-refractivity contribution >= 4 is 21.9 Å². The van der Waals surface area contributed by atoms with Crippen molar-refractivity contribution in [1.29, 1.82) is 0 Å². The van der Waals surface area contributed by atoms with E-state index < -0.39 is 22.1 Å². The van der Waals surface area contributed by atoms with E-state index in [0.29, 0.717) is 24.2 Å². The van der Waals surface area contributed by atoms with Gasteiger partial charge >= 0.3 is 5.97 Å². The van der Waals surface area contributed by atoms with Crippen molar-refractivity contribution in [3.63, 3.8) is 0 Å². The first-order chi connectivity index (χ1) is 14.7. The molecule has 0 saturated carbocycles. The number of amides is 1. The predicted octanol–water partition coefficient (Wildman–Crippen LogP) is 3.16. The van der Waals surface area contributed by atoms with E-state index >= 15 is 0 Å². The number of likely N-dealkylation sites (N-methyl/N-ethyl adjacent to an activating group) is 1. The molecule has 166 valence electrons. The maximum absolute atomic E-state index is 13.1. The zero-order chi connectivity index (χ0) is 22.6. The fraction of sp³-hybridized carbons (Fsp3) is 0.391. The molecule has 1 aliphatic heterocycles. The summed E-state index contributed by atoms with van der Waals surface area (Å²) in [5, 5.41) is 0. The minimum Gasteiger partial charge on any atom is -0.444 e. The Morgan fingerprint density at radius 3 is 2.26 bits per heavy atom. The Bertz CT molecular complexity index is 1040. The van der Waals surface area contributed by atoms with Gasteiger partial charge in [-0.2, -0.15) is 4.31 Å². The second-order valence-electron chi connectivity index (χ2n) is 7.87. The van der Waals surface area contributed by atoms with Crippen LogP contribution in [-0.4, -0.2) is 56.7 Å². The fourth-order valence-electron chi connectivity index (χ4n) is 3.55. The molecule has 1 unspecified atom stereocenters. The van der Waals surface area contributed by atoms with Gasteiger partial charge in [-0.15, -0.1) is 0 Å². The number of aryl methyl sites for hydroxylation is 1. The summed E-state index contributed by atoms with van der Waals surface area (Å²) >= 11 is 0. The number of hydrogen-bond donors (Lipinski definition) is 0. The van der Waals surface area contributed by atoms with Crippen LogP contribution in [0.25, 0.3) is 0 Å². The summed E-state index contributed by atoms with van der Waals surface area (Å²) in [5.74, 6) is -1.13. The third kappa shape index (κ3) is 5.14. The lowest BCUT2D eigenvalue weighted by molar-refractivity contribution is -0.138. The van der Waals surface area contributed by atoms with Gasteiger partial charge in [0.25, 0.3) is 5.91 Å². The van der Waals surface area contributed by atoms with E-state index in [4.69, 9.17) is 4.74 Å². The Morgan fingerprint density at radius 1 is 1.00 bits per heavy atom. The van der Waals surface area contributed by atoms with E-state index in [-0.39, 0.29) is 16.4 Å². The summed E-state index contributed by atoms with van der Waals surface area (Å²) in [6.45, 7) is 2.65. The molecule has 1 amide bonds. The molecule has 3 rings (SSSR count). The third-order valence-corrected chi connectivity index (χ3v) is 7.39. The molecule has 1 fully saturated rings. The monoisotopic (exact) mass is 444 g/mol. The number of piperidine rings is 1. The van der Waals surface area contributed by atoms with E-state index in [9.17, 15) is 18.0 Å². The lowest BCUT2D eigenvalue weighted by atomic mass is 10.1. The molecule has 2 aromatic rings. The third-order valence-electron chi connectivity index (χ3n) is 5.35. The predicted molar refractivity (Wildman–Crippen MR) is 117 cm³/mol. The average molecular weight is 445 g/mol. The van der Waals surface area contributed by atoms with Crippen LogP contribution in [0.15, 0.2) is 53.4 Å². The highest BCUT2D eigenvalue weighted by molar-refractivity contribution is 7.89. The Labute approximate surface area is 183 Å². The van der Waals surface area contributed by atoms with Crippen molar-refractivity contribution in [3.8, 4) is 0 Å². The number of rotatable bonds is 6. The largest absolute Gasteiger partial charge is 0.444 e. The van der Waals surface area contributed by atoms with Gasteiger partial charge in [0.1, 0.15) is 0 Å². The highest BCUT2D eigenvalue weighted by Crippen LogP contribution is 2.26. The second-order valence-corrected chi connectivity index (χ2v) is 9.78. The average Bonchev–Trinajstić information content (AvgIpc) is 2.78. The number of benzene rings is 2. The van der Waals surface area contributed by atoms with Crippen molar-refractivity contribution in [3.05, 3.63) is 65.2 Å². The lowest BCUT2D eigenvalue weighted by Gasteiger charge is -2.26. The topological polar surface area (TPSA) is 84.0 Å². The van der Waals surface area contributed by atoms with Crippen molar-refractivity contribution in [2.75, 3.05) is 27.2 Å². The van der Waals surface area contributed by atoms with E-state index in [1.165, 1.54) is 21.3 Å². The number of nitrogens with zero attached hydrogens (tertiary/aromatic N) is 2. The summed E-state index contributed by atoms with van der Waals surface area (Å²) in [5.41, 5.74) is 1.20. The molecule has 0 aromatic heterocycles. The summed E-state index contributed by atoms with van der Waals surface area (Å²) in [6, 6.07) is 13.2. The molecule has 1 heterocycles. The maximum atomic E-state index is 13.1. The summed E-state index contributed by atoms with van der Waals surface area (Å²) in [7, 11) is -0.540. The highest BCUT2D eigenvalue weighted by atomic mass is 32.2. The lowest BCUT2D eigenvalue weighted by Crippen LogP contribution is -2.36. The minimum absolute atomic E-state index is 0.0914. The SMILES string of the molecule is Cc1ccc(C(=O)OC(C(=O)N(C)C)c2ccccc2)cc1S(=O)(=O)N1CCCCC1. The number of sulfonamides is 1.